The number of hydrogen-bond acceptors (Lipinski definition) is 1. The first-order valence-corrected chi connectivity index (χ1v) is 3.58. The van der Waals surface area contributed by atoms with Crippen LogP contribution in [0.5, 0.6) is 0 Å². The molecule has 0 heterocycles. The first-order valence-electron chi connectivity index (χ1n) is 3.58. The van der Waals surface area contributed by atoms with E-state index >= 15 is 0 Å². The Morgan fingerprint density at radius 2 is 1.23 bits per heavy atom. The van der Waals surface area contributed by atoms with E-state index < -0.39 is 26.7 Å². The van der Waals surface area contributed by atoms with Crippen molar-refractivity contribution < 1.29 is 22.3 Å². The largest absolute Gasteiger partial charge is 0.461 e. The third-order valence-corrected chi connectivity index (χ3v) is 1.14. The average molecular weight is 198 g/mol. The Morgan fingerprint density at radius 3 is 1.46 bits per heavy atom. The Hall–Kier alpha value is -1.00. The molecule has 0 radical (unpaired) electrons. The molecule has 0 saturated carbocycles. The SMILES string of the molecule is FCC=C(CF)OC(=CCF)CF. The maximum absolute atomic E-state index is 12.0. The van der Waals surface area contributed by atoms with Gasteiger partial charge in [-0.3, -0.25) is 0 Å². The van der Waals surface area contributed by atoms with Crippen LogP contribution in [0, 0.1) is 0 Å². The van der Waals surface area contributed by atoms with Crippen LogP contribution < -0.4 is 0 Å². The van der Waals surface area contributed by atoms with Crippen LogP contribution in [0.3, 0.4) is 0 Å². The molecule has 0 aromatic heterocycles. The predicted octanol–water partition coefficient (Wildman–Crippen LogP) is 2.65. The van der Waals surface area contributed by atoms with Gasteiger partial charge in [0.25, 0.3) is 0 Å². The van der Waals surface area contributed by atoms with Crippen LogP contribution in [0.2, 0.25) is 0 Å². The van der Waals surface area contributed by atoms with Crippen LogP contribution in [0.15, 0.2) is 23.7 Å². The van der Waals surface area contributed by atoms with E-state index in [-0.39, 0.29) is 11.5 Å². The van der Waals surface area contributed by atoms with Gasteiger partial charge in [0.05, 0.1) is 0 Å². The quantitative estimate of drug-likeness (QED) is 0.471. The highest BCUT2D eigenvalue weighted by Crippen LogP contribution is 2.08. The van der Waals surface area contributed by atoms with E-state index in [0.717, 1.165) is 12.2 Å². The van der Waals surface area contributed by atoms with E-state index in [4.69, 9.17) is 0 Å². The van der Waals surface area contributed by atoms with Gasteiger partial charge in [-0.05, 0) is 12.2 Å². The fraction of sp³-hybridized carbons (Fsp3) is 0.500. The molecular weight excluding hydrogens is 188 g/mol. The lowest BCUT2D eigenvalue weighted by atomic mass is 10.4. The van der Waals surface area contributed by atoms with Crippen molar-refractivity contribution in [2.75, 3.05) is 26.7 Å². The van der Waals surface area contributed by atoms with Gasteiger partial charge in [0.1, 0.15) is 38.2 Å². The van der Waals surface area contributed by atoms with Gasteiger partial charge in [0, 0.05) is 0 Å². The number of alkyl halides is 4. The molecule has 0 atom stereocenters. The summed E-state index contributed by atoms with van der Waals surface area (Å²) in [6, 6.07) is 0. The second kappa shape index (κ2) is 7.64. The van der Waals surface area contributed by atoms with Crippen molar-refractivity contribution >= 4 is 0 Å². The topological polar surface area (TPSA) is 9.23 Å². The number of halogens is 4. The van der Waals surface area contributed by atoms with Crippen molar-refractivity contribution in [2.45, 2.75) is 0 Å². The highest BCUT2D eigenvalue weighted by Gasteiger charge is 2.02. The third kappa shape index (κ3) is 5.27. The van der Waals surface area contributed by atoms with Crippen LogP contribution in [-0.2, 0) is 4.74 Å². The van der Waals surface area contributed by atoms with Gasteiger partial charge in [-0.15, -0.1) is 0 Å². The lowest BCUT2D eigenvalue weighted by Gasteiger charge is -2.06. The zero-order valence-electron chi connectivity index (χ0n) is 6.90. The molecule has 1 nitrogen and oxygen atoms in total. The summed E-state index contributed by atoms with van der Waals surface area (Å²) in [5, 5.41) is 0. The van der Waals surface area contributed by atoms with E-state index in [1.54, 1.807) is 0 Å². The Balaban J connectivity index is 4.19. The summed E-state index contributed by atoms with van der Waals surface area (Å²) in [4.78, 5) is 0. The van der Waals surface area contributed by atoms with E-state index in [9.17, 15) is 17.6 Å². The van der Waals surface area contributed by atoms with E-state index in [2.05, 4.69) is 4.74 Å². The molecule has 0 aliphatic carbocycles. The minimum Gasteiger partial charge on any atom is -0.461 e. The van der Waals surface area contributed by atoms with Crippen LogP contribution in [0.4, 0.5) is 17.6 Å². The van der Waals surface area contributed by atoms with Crippen LogP contribution in [-0.4, -0.2) is 26.7 Å². The molecule has 0 N–H and O–H groups in total. The number of ether oxygens (including phenoxy) is 1. The Morgan fingerprint density at radius 1 is 0.846 bits per heavy atom. The fourth-order valence-corrected chi connectivity index (χ4v) is 0.587. The van der Waals surface area contributed by atoms with Crippen LogP contribution in [0.1, 0.15) is 0 Å². The molecule has 0 aliphatic heterocycles. The number of hydrogen-bond donors (Lipinski definition) is 0. The van der Waals surface area contributed by atoms with Gasteiger partial charge in [-0.25, -0.2) is 17.6 Å². The smallest absolute Gasteiger partial charge is 0.147 e. The summed E-state index contributed by atoms with van der Waals surface area (Å²) in [5.41, 5.74) is 0. The molecular formula is C8H10F4O. The second-order valence-electron chi connectivity index (χ2n) is 2.02. The molecule has 0 rings (SSSR count). The molecule has 0 saturated heterocycles. The van der Waals surface area contributed by atoms with Crippen LogP contribution in [0.25, 0.3) is 0 Å². The standard InChI is InChI=1S/C8H10F4O/c9-3-1-7(5-11)13-8(6-12)2-4-10/h1-2H,3-6H2. The Kier molecular flexibility index (Phi) is 7.05. The van der Waals surface area contributed by atoms with Gasteiger partial charge in [-0.1, -0.05) is 0 Å². The molecule has 0 aliphatic rings. The van der Waals surface area contributed by atoms with Crippen molar-refractivity contribution in [3.8, 4) is 0 Å². The van der Waals surface area contributed by atoms with Gasteiger partial charge < -0.3 is 4.74 Å². The van der Waals surface area contributed by atoms with Crippen molar-refractivity contribution in [3.63, 3.8) is 0 Å². The van der Waals surface area contributed by atoms with Gasteiger partial charge in [0.15, 0.2) is 0 Å². The molecule has 13 heavy (non-hydrogen) atoms. The number of rotatable bonds is 6. The van der Waals surface area contributed by atoms with Crippen molar-refractivity contribution in [3.05, 3.63) is 23.7 Å². The highest BCUT2D eigenvalue weighted by molar-refractivity contribution is 5.02. The van der Waals surface area contributed by atoms with Crippen molar-refractivity contribution in [1.29, 1.82) is 0 Å². The predicted molar refractivity (Wildman–Crippen MR) is 41.2 cm³/mol. The first-order chi connectivity index (χ1) is 6.28. The van der Waals surface area contributed by atoms with Gasteiger partial charge >= 0.3 is 0 Å². The minimum atomic E-state index is -1.05. The molecule has 0 aromatic carbocycles. The normalized spacial score (nSPS) is 13.2. The summed E-state index contributed by atoms with van der Waals surface area (Å²) in [7, 11) is 0. The molecule has 0 aromatic rings. The zero-order valence-corrected chi connectivity index (χ0v) is 6.90. The van der Waals surface area contributed by atoms with Crippen LogP contribution >= 0.6 is 0 Å². The van der Waals surface area contributed by atoms with Gasteiger partial charge in [0.2, 0.25) is 0 Å². The molecule has 5 heteroatoms. The van der Waals surface area contributed by atoms with E-state index in [1.165, 1.54) is 0 Å². The molecule has 0 fully saturated rings. The Labute approximate surface area is 73.7 Å². The summed E-state index contributed by atoms with van der Waals surface area (Å²) in [6.07, 6.45) is 1.64. The maximum Gasteiger partial charge on any atom is 0.147 e. The first kappa shape index (κ1) is 12.0. The van der Waals surface area contributed by atoms with Gasteiger partial charge in [-0.2, -0.15) is 0 Å². The summed E-state index contributed by atoms with van der Waals surface area (Å²) in [5.74, 6) is -0.695. The maximum atomic E-state index is 12.0. The molecule has 0 amide bonds. The Bertz CT molecular complexity index is 169. The van der Waals surface area contributed by atoms with E-state index in [0.29, 0.717) is 0 Å². The second-order valence-corrected chi connectivity index (χ2v) is 2.02. The molecule has 76 valence electrons. The number of allylic oxidation sites excluding steroid dienone is 4. The average Bonchev–Trinajstić information content (AvgIpc) is 2.16. The third-order valence-electron chi connectivity index (χ3n) is 1.14. The fourth-order valence-electron chi connectivity index (χ4n) is 0.587. The molecule has 0 unspecified atom stereocenters. The van der Waals surface area contributed by atoms with Crippen molar-refractivity contribution in [1.82, 2.24) is 0 Å². The highest BCUT2D eigenvalue weighted by atomic mass is 19.1. The minimum absolute atomic E-state index is 0.347. The summed E-state index contributed by atoms with van der Waals surface area (Å²) in [6.45, 7) is -3.91. The lowest BCUT2D eigenvalue weighted by molar-refractivity contribution is 0.236. The summed E-state index contributed by atoms with van der Waals surface area (Å²) < 4.78 is 51.8. The monoisotopic (exact) mass is 198 g/mol. The van der Waals surface area contributed by atoms with E-state index in [1.807, 2.05) is 0 Å². The lowest BCUT2D eigenvalue weighted by Crippen LogP contribution is -1.98. The molecule has 0 spiro atoms. The zero-order chi connectivity index (χ0) is 10.1. The summed E-state index contributed by atoms with van der Waals surface area (Å²) >= 11 is 0. The molecule has 0 bridgehead atoms. The van der Waals surface area contributed by atoms with Crippen molar-refractivity contribution in [2.24, 2.45) is 0 Å².